The number of sulfone groups is 1. The molecule has 0 spiro atoms. The molecule has 0 bridgehead atoms. The number of nitrogens with zero attached hydrogens (tertiary/aromatic N) is 2. The maximum Gasteiger partial charge on any atom is 0.274 e. The highest BCUT2D eigenvalue weighted by atomic mass is 32.2. The second-order valence-corrected chi connectivity index (χ2v) is 9.48. The average molecular weight is 377 g/mol. The Labute approximate surface area is 152 Å². The molecule has 1 amide bonds. The van der Waals surface area contributed by atoms with Gasteiger partial charge < -0.3 is 5.32 Å². The second-order valence-electron chi connectivity index (χ2n) is 7.25. The van der Waals surface area contributed by atoms with E-state index in [1.54, 1.807) is 24.3 Å². The van der Waals surface area contributed by atoms with Crippen LogP contribution in [0, 0.1) is 11.8 Å². The molecule has 1 aromatic carbocycles. The van der Waals surface area contributed by atoms with E-state index in [4.69, 9.17) is 0 Å². The fourth-order valence-electron chi connectivity index (χ4n) is 3.23. The molecule has 8 heteroatoms. The summed E-state index contributed by atoms with van der Waals surface area (Å²) in [4.78, 5) is 25.3. The third kappa shape index (κ3) is 3.95. The van der Waals surface area contributed by atoms with E-state index < -0.39 is 9.84 Å². The van der Waals surface area contributed by atoms with Gasteiger partial charge >= 0.3 is 0 Å². The van der Waals surface area contributed by atoms with Crippen LogP contribution in [0.2, 0.25) is 0 Å². The summed E-state index contributed by atoms with van der Waals surface area (Å²) >= 11 is 0. The molecular formula is C18H23N3O4S. The van der Waals surface area contributed by atoms with Gasteiger partial charge in [0.1, 0.15) is 0 Å². The Hall–Kier alpha value is -2.22. The maximum atomic E-state index is 12.7. The molecule has 0 saturated carbocycles. The number of aromatic nitrogens is 2. The summed E-state index contributed by atoms with van der Waals surface area (Å²) in [5, 5.41) is 8.04. The summed E-state index contributed by atoms with van der Waals surface area (Å²) in [5.74, 6) is 0.0307. The molecule has 1 aromatic heterocycles. The van der Waals surface area contributed by atoms with Crippen molar-refractivity contribution < 1.29 is 13.2 Å². The zero-order valence-corrected chi connectivity index (χ0v) is 15.8. The first kappa shape index (κ1) is 18.6. The summed E-state index contributed by atoms with van der Waals surface area (Å²) in [6.45, 7) is 4.66. The van der Waals surface area contributed by atoms with E-state index in [1.165, 1.54) is 4.68 Å². The molecule has 7 nitrogen and oxygen atoms in total. The summed E-state index contributed by atoms with van der Waals surface area (Å²) in [7, 11) is -2.98. The van der Waals surface area contributed by atoms with Gasteiger partial charge in [-0.1, -0.05) is 32.0 Å². The normalized spacial score (nSPS) is 19.1. The molecule has 1 aliphatic rings. The van der Waals surface area contributed by atoms with Crippen molar-refractivity contribution in [2.75, 3.05) is 18.1 Å². The van der Waals surface area contributed by atoms with Gasteiger partial charge in [0.2, 0.25) is 0 Å². The SMILES string of the molecule is CC(C)Cn1nc(C(=O)NCC2CCS(=O)(=O)C2)c2ccccc2c1=O. The summed E-state index contributed by atoms with van der Waals surface area (Å²) in [5.41, 5.74) is -0.0190. The molecule has 2 aromatic rings. The number of carbonyl (C=O) groups is 1. The summed E-state index contributed by atoms with van der Waals surface area (Å²) in [6.07, 6.45) is 0.559. The fourth-order valence-corrected chi connectivity index (χ4v) is 5.09. The van der Waals surface area contributed by atoms with E-state index in [9.17, 15) is 18.0 Å². The van der Waals surface area contributed by atoms with Crippen molar-refractivity contribution in [2.24, 2.45) is 11.8 Å². The highest BCUT2D eigenvalue weighted by Gasteiger charge is 2.28. The van der Waals surface area contributed by atoms with Gasteiger partial charge in [-0.15, -0.1) is 0 Å². The number of carbonyl (C=O) groups excluding carboxylic acids is 1. The number of fused-ring (bicyclic) bond motifs is 1. The van der Waals surface area contributed by atoms with Crippen molar-refractivity contribution in [3.05, 3.63) is 40.3 Å². The van der Waals surface area contributed by atoms with Gasteiger partial charge in [-0.05, 0) is 24.3 Å². The van der Waals surface area contributed by atoms with Crippen molar-refractivity contribution in [3.63, 3.8) is 0 Å². The van der Waals surface area contributed by atoms with Crippen LogP contribution in [0.15, 0.2) is 29.1 Å². The van der Waals surface area contributed by atoms with E-state index in [-0.39, 0.29) is 47.0 Å². The predicted octanol–water partition coefficient (Wildman–Crippen LogP) is 1.22. The first-order chi connectivity index (χ1) is 12.3. The molecule has 1 N–H and O–H groups in total. The van der Waals surface area contributed by atoms with Gasteiger partial charge in [-0.25, -0.2) is 13.1 Å². The van der Waals surface area contributed by atoms with Crippen molar-refractivity contribution in [3.8, 4) is 0 Å². The Kier molecular flexibility index (Phi) is 5.13. The monoisotopic (exact) mass is 377 g/mol. The molecule has 1 unspecified atom stereocenters. The smallest absolute Gasteiger partial charge is 0.274 e. The van der Waals surface area contributed by atoms with Crippen molar-refractivity contribution in [1.29, 1.82) is 0 Å². The minimum absolute atomic E-state index is 0.0724. The number of hydrogen-bond acceptors (Lipinski definition) is 5. The first-order valence-electron chi connectivity index (χ1n) is 8.75. The Morgan fingerprint density at radius 3 is 2.62 bits per heavy atom. The average Bonchev–Trinajstić information content (AvgIpc) is 2.94. The van der Waals surface area contributed by atoms with Crippen LogP contribution in [0.25, 0.3) is 10.8 Å². The van der Waals surface area contributed by atoms with Crippen LogP contribution in [0.5, 0.6) is 0 Å². The highest BCUT2D eigenvalue weighted by Crippen LogP contribution is 2.18. The highest BCUT2D eigenvalue weighted by molar-refractivity contribution is 7.91. The Morgan fingerprint density at radius 2 is 2.00 bits per heavy atom. The summed E-state index contributed by atoms with van der Waals surface area (Å²) < 4.78 is 24.4. The zero-order chi connectivity index (χ0) is 18.9. The predicted molar refractivity (Wildman–Crippen MR) is 99.9 cm³/mol. The van der Waals surface area contributed by atoms with Crippen LogP contribution in [-0.2, 0) is 16.4 Å². The van der Waals surface area contributed by atoms with Crippen LogP contribution in [0.1, 0.15) is 30.8 Å². The minimum atomic E-state index is -2.98. The lowest BCUT2D eigenvalue weighted by atomic mass is 10.1. The molecular weight excluding hydrogens is 354 g/mol. The fraction of sp³-hybridized carbons (Fsp3) is 0.500. The van der Waals surface area contributed by atoms with Gasteiger partial charge in [0.15, 0.2) is 15.5 Å². The molecule has 140 valence electrons. The molecule has 1 saturated heterocycles. The first-order valence-corrected chi connectivity index (χ1v) is 10.6. The molecule has 0 aliphatic carbocycles. The van der Waals surface area contributed by atoms with E-state index in [1.807, 2.05) is 13.8 Å². The van der Waals surface area contributed by atoms with Crippen LogP contribution in [-0.4, -0.2) is 42.2 Å². The maximum absolute atomic E-state index is 12.7. The Bertz CT molecular complexity index is 995. The molecule has 1 aliphatic heterocycles. The van der Waals surface area contributed by atoms with Crippen molar-refractivity contribution >= 4 is 26.5 Å². The van der Waals surface area contributed by atoms with E-state index in [0.29, 0.717) is 23.7 Å². The van der Waals surface area contributed by atoms with E-state index in [2.05, 4.69) is 10.4 Å². The van der Waals surface area contributed by atoms with Gasteiger partial charge in [0.25, 0.3) is 11.5 Å². The van der Waals surface area contributed by atoms with Gasteiger partial charge in [-0.2, -0.15) is 5.10 Å². The van der Waals surface area contributed by atoms with Crippen LogP contribution in [0.4, 0.5) is 0 Å². The molecule has 1 atom stereocenters. The summed E-state index contributed by atoms with van der Waals surface area (Å²) in [6, 6.07) is 6.92. The quantitative estimate of drug-likeness (QED) is 0.845. The number of benzene rings is 1. The number of nitrogens with one attached hydrogen (secondary N) is 1. The Balaban J connectivity index is 1.89. The van der Waals surface area contributed by atoms with E-state index >= 15 is 0 Å². The van der Waals surface area contributed by atoms with Gasteiger partial charge in [0.05, 0.1) is 16.9 Å². The van der Waals surface area contributed by atoms with Gasteiger partial charge in [-0.3, -0.25) is 9.59 Å². The third-order valence-electron chi connectivity index (χ3n) is 4.50. The second kappa shape index (κ2) is 7.19. The molecule has 1 fully saturated rings. The number of amides is 1. The molecule has 26 heavy (non-hydrogen) atoms. The minimum Gasteiger partial charge on any atom is -0.350 e. The lowest BCUT2D eigenvalue weighted by Crippen LogP contribution is -2.34. The largest absolute Gasteiger partial charge is 0.350 e. The number of hydrogen-bond donors (Lipinski definition) is 1. The van der Waals surface area contributed by atoms with Crippen LogP contribution in [0.3, 0.4) is 0 Å². The van der Waals surface area contributed by atoms with Crippen molar-refractivity contribution in [2.45, 2.75) is 26.8 Å². The topological polar surface area (TPSA) is 98.1 Å². The third-order valence-corrected chi connectivity index (χ3v) is 6.34. The zero-order valence-electron chi connectivity index (χ0n) is 14.9. The van der Waals surface area contributed by atoms with Crippen LogP contribution >= 0.6 is 0 Å². The molecule has 3 rings (SSSR count). The molecule has 0 radical (unpaired) electrons. The standard InChI is InChI=1S/C18H23N3O4S/c1-12(2)10-21-18(23)15-6-4-3-5-14(15)16(20-21)17(22)19-9-13-7-8-26(24,25)11-13/h3-6,12-13H,7-11H2,1-2H3,(H,19,22). The van der Waals surface area contributed by atoms with E-state index in [0.717, 1.165) is 0 Å². The number of rotatable bonds is 5. The lowest BCUT2D eigenvalue weighted by molar-refractivity contribution is 0.0942. The Morgan fingerprint density at radius 1 is 1.31 bits per heavy atom. The molecule has 2 heterocycles. The van der Waals surface area contributed by atoms with Crippen LogP contribution < -0.4 is 10.9 Å². The lowest BCUT2D eigenvalue weighted by Gasteiger charge is -2.14. The van der Waals surface area contributed by atoms with Crippen molar-refractivity contribution in [1.82, 2.24) is 15.1 Å². The van der Waals surface area contributed by atoms with Gasteiger partial charge in [0, 0.05) is 18.5 Å².